The smallest absolute Gasteiger partial charge is 0.265 e. The maximum absolute atomic E-state index is 12.1. The Kier molecular flexibility index (Phi) is 4.91. The molecule has 6 heteroatoms. The van der Waals surface area contributed by atoms with Crippen molar-refractivity contribution >= 4 is 56.1 Å². The van der Waals surface area contributed by atoms with Crippen LogP contribution in [-0.2, 0) is 6.42 Å². The van der Waals surface area contributed by atoms with Crippen LogP contribution in [0.4, 0.5) is 5.69 Å². The van der Waals surface area contributed by atoms with E-state index in [-0.39, 0.29) is 5.91 Å². The predicted octanol–water partition coefficient (Wildman–Crippen LogP) is 3.90. The molecule has 0 radical (unpaired) electrons. The zero-order valence-corrected chi connectivity index (χ0v) is 14.0. The third-order valence-electron chi connectivity index (χ3n) is 2.67. The van der Waals surface area contributed by atoms with Gasteiger partial charge >= 0.3 is 0 Å². The average molecular weight is 369 g/mol. The Morgan fingerprint density at radius 3 is 2.55 bits per heavy atom. The molecule has 104 valence electrons. The number of nitrogens with two attached hydrogens (primary N) is 1. The summed E-state index contributed by atoms with van der Waals surface area (Å²) in [6, 6.07) is 9.38. The van der Waals surface area contributed by atoms with Gasteiger partial charge in [0.25, 0.3) is 5.91 Å². The molecule has 0 atom stereocenters. The summed E-state index contributed by atoms with van der Waals surface area (Å²) in [5, 5.41) is 2.87. The van der Waals surface area contributed by atoms with Gasteiger partial charge in [0.1, 0.15) is 0 Å². The van der Waals surface area contributed by atoms with Gasteiger partial charge in [-0.1, -0.05) is 24.4 Å². The molecular weight excluding hydrogens is 356 g/mol. The maximum atomic E-state index is 12.1. The molecule has 20 heavy (non-hydrogen) atoms. The van der Waals surface area contributed by atoms with E-state index in [4.69, 9.17) is 18.0 Å². The van der Waals surface area contributed by atoms with E-state index in [0.717, 1.165) is 20.6 Å². The van der Waals surface area contributed by atoms with E-state index in [0.29, 0.717) is 16.3 Å². The van der Waals surface area contributed by atoms with Gasteiger partial charge < -0.3 is 11.1 Å². The van der Waals surface area contributed by atoms with Crippen molar-refractivity contribution in [1.82, 2.24) is 0 Å². The van der Waals surface area contributed by atoms with Gasteiger partial charge in [-0.3, -0.25) is 4.79 Å². The third kappa shape index (κ3) is 3.88. The van der Waals surface area contributed by atoms with Crippen LogP contribution in [0.1, 0.15) is 20.8 Å². The van der Waals surface area contributed by atoms with Crippen molar-refractivity contribution in [2.24, 2.45) is 5.73 Å². The first-order valence-electron chi connectivity index (χ1n) is 5.90. The normalized spacial score (nSPS) is 10.3. The molecule has 0 saturated heterocycles. The highest BCUT2D eigenvalue weighted by molar-refractivity contribution is 9.11. The molecule has 3 nitrogen and oxygen atoms in total. The van der Waals surface area contributed by atoms with Gasteiger partial charge in [-0.05, 0) is 52.2 Å². The fourth-order valence-corrected chi connectivity index (χ4v) is 3.27. The molecule has 1 aromatic heterocycles. The summed E-state index contributed by atoms with van der Waals surface area (Å²) in [5.74, 6) is -0.106. The van der Waals surface area contributed by atoms with Gasteiger partial charge in [-0.2, -0.15) is 0 Å². The number of carbonyl (C=O) groups is 1. The molecule has 2 aromatic rings. The summed E-state index contributed by atoms with van der Waals surface area (Å²) in [6.07, 6.45) is 0.570. The van der Waals surface area contributed by atoms with E-state index in [1.54, 1.807) is 0 Å². The fraction of sp³-hybridized carbons (Fsp3) is 0.143. The lowest BCUT2D eigenvalue weighted by molar-refractivity contribution is 0.103. The number of amides is 1. The first-order chi connectivity index (χ1) is 9.45. The molecule has 0 unspecified atom stereocenters. The Hall–Kier alpha value is -1.24. The van der Waals surface area contributed by atoms with Crippen LogP contribution in [0.2, 0.25) is 0 Å². The molecule has 0 saturated carbocycles. The van der Waals surface area contributed by atoms with Gasteiger partial charge in [0.15, 0.2) is 0 Å². The van der Waals surface area contributed by atoms with E-state index in [9.17, 15) is 4.79 Å². The number of hydrogen-bond donors (Lipinski definition) is 2. The molecular formula is C14H13BrN2OS2. The van der Waals surface area contributed by atoms with Crippen molar-refractivity contribution in [1.29, 1.82) is 0 Å². The van der Waals surface area contributed by atoms with Crippen molar-refractivity contribution in [2.75, 3.05) is 5.32 Å². The largest absolute Gasteiger partial charge is 0.393 e. The summed E-state index contributed by atoms with van der Waals surface area (Å²) in [6.45, 7) is 1.96. The minimum Gasteiger partial charge on any atom is -0.393 e. The minimum absolute atomic E-state index is 0.106. The number of thiocarbonyl (C=S) groups is 1. The Morgan fingerprint density at radius 1 is 1.40 bits per heavy atom. The SMILES string of the molecule is Cc1cc(C(=O)Nc2ccc(CC(N)=S)cc2)sc1Br. The number of halogens is 1. The van der Waals surface area contributed by atoms with Crippen LogP contribution in [0, 0.1) is 6.92 Å². The highest BCUT2D eigenvalue weighted by Gasteiger charge is 2.11. The second kappa shape index (κ2) is 6.47. The predicted molar refractivity (Wildman–Crippen MR) is 91.6 cm³/mol. The van der Waals surface area contributed by atoms with Crippen molar-refractivity contribution < 1.29 is 4.79 Å². The Bertz CT molecular complexity index is 630. The van der Waals surface area contributed by atoms with Gasteiger partial charge in [0.05, 0.1) is 13.7 Å². The number of anilines is 1. The van der Waals surface area contributed by atoms with Crippen LogP contribution < -0.4 is 11.1 Å². The number of benzene rings is 1. The lowest BCUT2D eigenvalue weighted by Gasteiger charge is -2.05. The summed E-state index contributed by atoms with van der Waals surface area (Å²) in [4.78, 5) is 13.2. The zero-order chi connectivity index (χ0) is 14.7. The molecule has 3 N–H and O–H groups in total. The van der Waals surface area contributed by atoms with E-state index in [1.807, 2.05) is 37.3 Å². The number of aryl methyl sites for hydroxylation is 1. The van der Waals surface area contributed by atoms with Gasteiger partial charge in [0.2, 0.25) is 0 Å². The van der Waals surface area contributed by atoms with Crippen LogP contribution in [0.5, 0.6) is 0 Å². The van der Waals surface area contributed by atoms with E-state index in [2.05, 4.69) is 21.2 Å². The highest BCUT2D eigenvalue weighted by Crippen LogP contribution is 2.27. The van der Waals surface area contributed by atoms with Crippen LogP contribution >= 0.6 is 39.5 Å². The molecule has 0 bridgehead atoms. The van der Waals surface area contributed by atoms with Gasteiger partial charge in [-0.15, -0.1) is 11.3 Å². The standard InChI is InChI=1S/C14H13BrN2OS2/c1-8-6-11(20-13(8)15)14(18)17-10-4-2-9(3-5-10)7-12(16)19/h2-6H,7H2,1H3,(H2,16,19)(H,17,18). The number of hydrogen-bond acceptors (Lipinski definition) is 3. The molecule has 1 amide bonds. The summed E-state index contributed by atoms with van der Waals surface area (Å²) >= 11 is 9.70. The van der Waals surface area contributed by atoms with Crippen LogP contribution in [0.25, 0.3) is 0 Å². The lowest BCUT2D eigenvalue weighted by atomic mass is 10.1. The first-order valence-corrected chi connectivity index (χ1v) is 7.92. The number of rotatable bonds is 4. The van der Waals surface area contributed by atoms with E-state index in [1.165, 1.54) is 11.3 Å². The maximum Gasteiger partial charge on any atom is 0.265 e. The topological polar surface area (TPSA) is 55.1 Å². The molecule has 0 spiro atoms. The average Bonchev–Trinajstić information content (AvgIpc) is 2.71. The monoisotopic (exact) mass is 368 g/mol. The molecule has 1 heterocycles. The Balaban J connectivity index is 2.06. The Morgan fingerprint density at radius 2 is 2.05 bits per heavy atom. The van der Waals surface area contributed by atoms with Crippen molar-refractivity contribution in [3.8, 4) is 0 Å². The van der Waals surface area contributed by atoms with Crippen LogP contribution in [-0.4, -0.2) is 10.9 Å². The number of thiophene rings is 1. The van der Waals surface area contributed by atoms with Crippen LogP contribution in [0.15, 0.2) is 34.1 Å². The lowest BCUT2D eigenvalue weighted by Crippen LogP contribution is -2.12. The number of carbonyl (C=O) groups excluding carboxylic acids is 1. The van der Waals surface area contributed by atoms with E-state index < -0.39 is 0 Å². The first kappa shape index (κ1) is 15.2. The van der Waals surface area contributed by atoms with Crippen LogP contribution in [0.3, 0.4) is 0 Å². The van der Waals surface area contributed by atoms with Crippen molar-refractivity contribution in [3.05, 3.63) is 50.1 Å². The van der Waals surface area contributed by atoms with E-state index >= 15 is 0 Å². The zero-order valence-electron chi connectivity index (χ0n) is 10.8. The summed E-state index contributed by atoms with van der Waals surface area (Å²) in [7, 11) is 0. The fourth-order valence-electron chi connectivity index (χ4n) is 1.67. The molecule has 0 aliphatic heterocycles. The molecule has 0 aliphatic rings. The van der Waals surface area contributed by atoms with Crippen molar-refractivity contribution in [2.45, 2.75) is 13.3 Å². The number of nitrogens with one attached hydrogen (secondary N) is 1. The Labute approximate surface area is 135 Å². The summed E-state index contributed by atoms with van der Waals surface area (Å²) in [5.41, 5.74) is 8.34. The molecule has 1 aromatic carbocycles. The molecule has 0 fully saturated rings. The summed E-state index contributed by atoms with van der Waals surface area (Å²) < 4.78 is 0.981. The second-order valence-electron chi connectivity index (χ2n) is 4.36. The minimum atomic E-state index is -0.106. The third-order valence-corrected chi connectivity index (χ3v) is 4.95. The molecule has 0 aliphatic carbocycles. The molecule has 2 rings (SSSR count). The van der Waals surface area contributed by atoms with Gasteiger partial charge in [-0.25, -0.2) is 0 Å². The van der Waals surface area contributed by atoms with Gasteiger partial charge in [0, 0.05) is 12.1 Å². The second-order valence-corrected chi connectivity index (χ2v) is 7.26. The van der Waals surface area contributed by atoms with Crippen molar-refractivity contribution in [3.63, 3.8) is 0 Å². The quantitative estimate of drug-likeness (QED) is 0.804. The highest BCUT2D eigenvalue weighted by atomic mass is 79.9.